The molecule has 1 aliphatic heterocycles. The fourth-order valence-electron chi connectivity index (χ4n) is 3.15. The number of para-hydroxylation sites is 1. The minimum absolute atomic E-state index is 0.0134. The van der Waals surface area contributed by atoms with Crippen LogP contribution in [0.1, 0.15) is 46.0 Å². The third-order valence-corrected chi connectivity index (χ3v) is 4.78. The van der Waals surface area contributed by atoms with Gasteiger partial charge in [-0.2, -0.15) is 0 Å². The Balaban J connectivity index is 1.59. The molecule has 1 atom stereocenters. The molecule has 0 unspecified atom stereocenters. The van der Waals surface area contributed by atoms with Crippen LogP contribution in [0.4, 0.5) is 0 Å². The molecule has 1 aliphatic rings. The van der Waals surface area contributed by atoms with Gasteiger partial charge in [-0.15, -0.1) is 0 Å². The summed E-state index contributed by atoms with van der Waals surface area (Å²) >= 11 is 0. The molecule has 0 aliphatic carbocycles. The van der Waals surface area contributed by atoms with Gasteiger partial charge in [0.05, 0.1) is 11.5 Å². The highest BCUT2D eigenvalue weighted by atomic mass is 16.7. The molecule has 0 bridgehead atoms. The summed E-state index contributed by atoms with van der Waals surface area (Å²) in [5.74, 6) is -2.52. The molecule has 0 fully saturated rings. The van der Waals surface area contributed by atoms with E-state index in [2.05, 4.69) is 5.32 Å². The zero-order valence-electron chi connectivity index (χ0n) is 17.4. The van der Waals surface area contributed by atoms with E-state index in [9.17, 15) is 24.2 Å². The fourth-order valence-corrected chi connectivity index (χ4v) is 3.15. The molecule has 3 rings (SSSR count). The number of carbonyl (C=O) groups is 4. The van der Waals surface area contributed by atoms with Crippen LogP contribution in [0.3, 0.4) is 0 Å². The SMILES string of the molecule is CC(=O)CCC(=O)N[C@H]1Cc2cccc(C(=O)OCOC(=O)c3ccccc3)c2OB1O. The summed E-state index contributed by atoms with van der Waals surface area (Å²) in [7, 11) is -1.39. The molecule has 1 heterocycles. The van der Waals surface area contributed by atoms with Crippen molar-refractivity contribution in [3.05, 3.63) is 65.2 Å². The van der Waals surface area contributed by atoms with Crippen LogP contribution in [-0.4, -0.2) is 48.5 Å². The minimum Gasteiger partial charge on any atom is -0.534 e. The molecule has 0 saturated carbocycles. The first-order valence-corrected chi connectivity index (χ1v) is 10.00. The van der Waals surface area contributed by atoms with Gasteiger partial charge in [0.2, 0.25) is 12.7 Å². The van der Waals surface area contributed by atoms with E-state index in [-0.39, 0.29) is 42.3 Å². The van der Waals surface area contributed by atoms with E-state index in [0.29, 0.717) is 11.1 Å². The lowest BCUT2D eigenvalue weighted by atomic mass is 9.72. The van der Waals surface area contributed by atoms with Gasteiger partial charge in [0.1, 0.15) is 17.1 Å². The van der Waals surface area contributed by atoms with E-state index in [1.165, 1.54) is 13.0 Å². The quantitative estimate of drug-likeness (QED) is 0.360. The number of carbonyl (C=O) groups excluding carboxylic acids is 4. The summed E-state index contributed by atoms with van der Waals surface area (Å²) in [5, 5.41) is 12.9. The van der Waals surface area contributed by atoms with Crippen molar-refractivity contribution in [2.24, 2.45) is 0 Å². The fraction of sp³-hybridized carbons (Fsp3) is 0.273. The molecule has 2 N–H and O–H groups in total. The van der Waals surface area contributed by atoms with Crippen LogP contribution >= 0.6 is 0 Å². The predicted octanol–water partition coefficient (Wildman–Crippen LogP) is 1.47. The van der Waals surface area contributed by atoms with Gasteiger partial charge in [-0.1, -0.05) is 30.3 Å². The van der Waals surface area contributed by atoms with Crippen LogP contribution in [0.15, 0.2) is 48.5 Å². The third kappa shape index (κ3) is 5.95. The Morgan fingerprint density at radius 2 is 1.75 bits per heavy atom. The van der Waals surface area contributed by atoms with E-state index < -0.39 is 31.8 Å². The van der Waals surface area contributed by atoms with Crippen LogP contribution in [0, 0.1) is 0 Å². The molecule has 0 spiro atoms. The first kappa shape index (κ1) is 23.0. The number of amides is 1. The molecular formula is C22H22BNO8. The van der Waals surface area contributed by atoms with E-state index in [1.54, 1.807) is 42.5 Å². The van der Waals surface area contributed by atoms with E-state index >= 15 is 0 Å². The van der Waals surface area contributed by atoms with Gasteiger partial charge in [0.15, 0.2) is 0 Å². The van der Waals surface area contributed by atoms with Crippen molar-refractivity contribution in [3.63, 3.8) is 0 Å². The first-order chi connectivity index (χ1) is 15.3. The molecule has 2 aromatic carbocycles. The Morgan fingerprint density at radius 1 is 1.03 bits per heavy atom. The maximum atomic E-state index is 12.5. The van der Waals surface area contributed by atoms with Crippen molar-refractivity contribution in [1.82, 2.24) is 5.32 Å². The molecule has 32 heavy (non-hydrogen) atoms. The van der Waals surface area contributed by atoms with Crippen molar-refractivity contribution in [1.29, 1.82) is 0 Å². The second-order valence-corrected chi connectivity index (χ2v) is 7.23. The monoisotopic (exact) mass is 439 g/mol. The summed E-state index contributed by atoms with van der Waals surface area (Å²) < 4.78 is 15.4. The number of Topliss-reactive ketones (excluding diaryl/α,β-unsaturated/α-hetero) is 1. The Hall–Kier alpha value is -3.66. The van der Waals surface area contributed by atoms with E-state index in [0.717, 1.165) is 0 Å². The molecule has 166 valence electrons. The summed E-state index contributed by atoms with van der Waals surface area (Å²) in [4.78, 5) is 47.4. The first-order valence-electron chi connectivity index (χ1n) is 10.00. The third-order valence-electron chi connectivity index (χ3n) is 4.78. The maximum absolute atomic E-state index is 12.5. The van der Waals surface area contributed by atoms with Crippen molar-refractivity contribution < 1.29 is 38.3 Å². The van der Waals surface area contributed by atoms with Gasteiger partial charge in [0, 0.05) is 12.8 Å². The Morgan fingerprint density at radius 3 is 2.47 bits per heavy atom. The average molecular weight is 439 g/mol. The standard InChI is InChI=1S/C22H22BNO8/c1-14(25)10-11-19(26)24-18-12-16-8-5-9-17(20(16)32-23(18)29)22(28)31-13-30-21(27)15-6-3-2-4-7-15/h2-9,18,29H,10-13H2,1H3,(H,24,26)/t18-/m0/s1. The number of nitrogens with one attached hydrogen (secondary N) is 1. The lowest BCUT2D eigenvalue weighted by Crippen LogP contribution is -2.53. The largest absolute Gasteiger partial charge is 0.547 e. The Kier molecular flexibility index (Phi) is 7.61. The van der Waals surface area contributed by atoms with Crippen molar-refractivity contribution in [3.8, 4) is 5.75 Å². The van der Waals surface area contributed by atoms with Gasteiger partial charge in [-0.25, -0.2) is 9.59 Å². The highest BCUT2D eigenvalue weighted by Crippen LogP contribution is 2.30. The van der Waals surface area contributed by atoms with Gasteiger partial charge in [-0.05, 0) is 37.1 Å². The van der Waals surface area contributed by atoms with E-state index in [1.807, 2.05) is 0 Å². The summed E-state index contributed by atoms with van der Waals surface area (Å²) in [6.45, 7) is 0.804. The molecule has 0 radical (unpaired) electrons. The molecule has 0 saturated heterocycles. The minimum atomic E-state index is -1.39. The number of hydrogen-bond donors (Lipinski definition) is 2. The van der Waals surface area contributed by atoms with Gasteiger partial charge >= 0.3 is 19.1 Å². The topological polar surface area (TPSA) is 128 Å². The molecule has 10 heteroatoms. The molecule has 1 amide bonds. The highest BCUT2D eigenvalue weighted by Gasteiger charge is 2.37. The van der Waals surface area contributed by atoms with Crippen LogP contribution in [0.5, 0.6) is 5.75 Å². The van der Waals surface area contributed by atoms with Crippen LogP contribution in [0.2, 0.25) is 0 Å². The zero-order chi connectivity index (χ0) is 23.1. The summed E-state index contributed by atoms with van der Waals surface area (Å²) in [6, 6.07) is 13.0. The van der Waals surface area contributed by atoms with Gasteiger partial charge < -0.3 is 29.3 Å². The van der Waals surface area contributed by atoms with Crippen LogP contribution < -0.4 is 9.97 Å². The Bertz CT molecular complexity index is 1010. The number of fused-ring (bicyclic) bond motifs is 1. The number of rotatable bonds is 8. The number of ether oxygens (including phenoxy) is 2. The number of benzene rings is 2. The van der Waals surface area contributed by atoms with Crippen LogP contribution in [-0.2, 0) is 25.5 Å². The maximum Gasteiger partial charge on any atom is 0.547 e. The number of hydrogen-bond acceptors (Lipinski definition) is 8. The zero-order valence-corrected chi connectivity index (χ0v) is 17.4. The second kappa shape index (κ2) is 10.6. The number of ketones is 1. The highest BCUT2D eigenvalue weighted by molar-refractivity contribution is 6.47. The molecule has 9 nitrogen and oxygen atoms in total. The van der Waals surface area contributed by atoms with Gasteiger partial charge in [0.25, 0.3) is 0 Å². The van der Waals surface area contributed by atoms with Crippen molar-refractivity contribution in [2.75, 3.05) is 6.79 Å². The predicted molar refractivity (Wildman–Crippen MR) is 113 cm³/mol. The lowest BCUT2D eigenvalue weighted by Gasteiger charge is -2.29. The molecular weight excluding hydrogens is 417 g/mol. The Labute approximate surface area is 184 Å². The van der Waals surface area contributed by atoms with E-state index in [4.69, 9.17) is 14.1 Å². The summed E-state index contributed by atoms with van der Waals surface area (Å²) in [5.41, 5.74) is 0.963. The normalized spacial score (nSPS) is 14.6. The smallest absolute Gasteiger partial charge is 0.534 e. The van der Waals surface area contributed by atoms with Crippen molar-refractivity contribution in [2.45, 2.75) is 32.1 Å². The lowest BCUT2D eigenvalue weighted by molar-refractivity contribution is -0.124. The summed E-state index contributed by atoms with van der Waals surface area (Å²) in [6.07, 6.45) is 0.336. The number of esters is 2. The van der Waals surface area contributed by atoms with Crippen LogP contribution in [0.25, 0.3) is 0 Å². The second-order valence-electron chi connectivity index (χ2n) is 7.23. The van der Waals surface area contributed by atoms with Crippen molar-refractivity contribution >= 4 is 30.7 Å². The average Bonchev–Trinajstić information content (AvgIpc) is 2.78. The van der Waals surface area contributed by atoms with Gasteiger partial charge in [-0.3, -0.25) is 4.79 Å². The molecule has 2 aromatic rings. The molecule has 0 aromatic heterocycles.